The molecule has 2 aromatic rings. The summed E-state index contributed by atoms with van der Waals surface area (Å²) < 4.78 is 5.47. The Kier molecular flexibility index (Phi) is 4.04. The van der Waals surface area contributed by atoms with E-state index in [1.54, 1.807) is 11.3 Å². The third-order valence-corrected chi connectivity index (χ3v) is 3.48. The fourth-order valence-electron chi connectivity index (χ4n) is 1.66. The maximum absolute atomic E-state index is 5.84. The molecule has 0 aliphatic heterocycles. The molecule has 0 radical (unpaired) electrons. The molecular formula is C13H17N3OS. The number of thiazole rings is 1. The first-order valence-electron chi connectivity index (χ1n) is 5.89. The number of nitrogen functional groups attached to an aromatic ring is 1. The molecule has 0 spiro atoms. The Morgan fingerprint density at radius 3 is 3.00 bits per heavy atom. The molecule has 1 atom stereocenters. The van der Waals surface area contributed by atoms with E-state index in [2.05, 4.69) is 17.2 Å². The van der Waals surface area contributed by atoms with E-state index in [1.165, 1.54) is 0 Å². The molecule has 1 aromatic heterocycles. The van der Waals surface area contributed by atoms with Crippen LogP contribution in [-0.4, -0.2) is 11.6 Å². The van der Waals surface area contributed by atoms with E-state index in [0.717, 1.165) is 10.7 Å². The molecule has 2 rings (SSSR count). The van der Waals surface area contributed by atoms with Crippen LogP contribution >= 0.6 is 11.3 Å². The number of nitrogens with two attached hydrogens (primary N) is 1. The summed E-state index contributed by atoms with van der Waals surface area (Å²) >= 11 is 1.64. The lowest BCUT2D eigenvalue weighted by molar-refractivity contribution is 0.342. The number of hydrogen-bond donors (Lipinski definition) is 2. The van der Waals surface area contributed by atoms with Gasteiger partial charge in [0.15, 0.2) is 0 Å². The standard InChI is InChI=1S/C13H17N3OS/c1-3-17-12-8-10(4-5-11(12)14)16-9(2)13-15-6-7-18-13/h4-9,16H,3,14H2,1-2H3. The van der Waals surface area contributed by atoms with Crippen LogP contribution in [0.1, 0.15) is 24.9 Å². The number of nitrogens with one attached hydrogen (secondary N) is 1. The van der Waals surface area contributed by atoms with Gasteiger partial charge in [-0.05, 0) is 26.0 Å². The van der Waals surface area contributed by atoms with Gasteiger partial charge in [-0.25, -0.2) is 4.98 Å². The number of anilines is 2. The topological polar surface area (TPSA) is 60.2 Å². The molecule has 1 unspecified atom stereocenters. The maximum Gasteiger partial charge on any atom is 0.144 e. The lowest BCUT2D eigenvalue weighted by Gasteiger charge is -2.15. The molecule has 0 fully saturated rings. The van der Waals surface area contributed by atoms with Crippen LogP contribution in [0.25, 0.3) is 0 Å². The number of rotatable bonds is 5. The minimum Gasteiger partial charge on any atom is -0.492 e. The van der Waals surface area contributed by atoms with E-state index in [1.807, 2.05) is 36.7 Å². The monoisotopic (exact) mass is 263 g/mol. The van der Waals surface area contributed by atoms with Gasteiger partial charge in [-0.3, -0.25) is 0 Å². The molecule has 0 saturated heterocycles. The van der Waals surface area contributed by atoms with Gasteiger partial charge in [0.2, 0.25) is 0 Å². The predicted octanol–water partition coefficient (Wildman–Crippen LogP) is 3.30. The summed E-state index contributed by atoms with van der Waals surface area (Å²) in [6.45, 7) is 4.63. The molecular weight excluding hydrogens is 246 g/mol. The van der Waals surface area contributed by atoms with Crippen LogP contribution in [0.3, 0.4) is 0 Å². The first-order chi connectivity index (χ1) is 8.70. The smallest absolute Gasteiger partial charge is 0.144 e. The minimum atomic E-state index is 0.170. The summed E-state index contributed by atoms with van der Waals surface area (Å²) in [5.41, 5.74) is 7.48. The second kappa shape index (κ2) is 5.73. The van der Waals surface area contributed by atoms with Gasteiger partial charge in [0.1, 0.15) is 10.8 Å². The fourth-order valence-corrected chi connectivity index (χ4v) is 2.31. The molecule has 1 heterocycles. The zero-order valence-electron chi connectivity index (χ0n) is 10.5. The average molecular weight is 263 g/mol. The average Bonchev–Trinajstić information content (AvgIpc) is 2.87. The van der Waals surface area contributed by atoms with E-state index in [-0.39, 0.29) is 6.04 Å². The Morgan fingerprint density at radius 1 is 1.50 bits per heavy atom. The van der Waals surface area contributed by atoms with Crippen molar-refractivity contribution < 1.29 is 4.74 Å². The van der Waals surface area contributed by atoms with Crippen LogP contribution in [0, 0.1) is 0 Å². The molecule has 0 bridgehead atoms. The lowest BCUT2D eigenvalue weighted by Crippen LogP contribution is -2.06. The van der Waals surface area contributed by atoms with Crippen molar-refractivity contribution in [1.29, 1.82) is 0 Å². The number of benzene rings is 1. The van der Waals surface area contributed by atoms with E-state index >= 15 is 0 Å². The molecule has 4 nitrogen and oxygen atoms in total. The Bertz CT molecular complexity index is 499. The molecule has 5 heteroatoms. The number of hydrogen-bond acceptors (Lipinski definition) is 5. The van der Waals surface area contributed by atoms with Gasteiger partial charge in [0, 0.05) is 23.3 Å². The van der Waals surface area contributed by atoms with Gasteiger partial charge >= 0.3 is 0 Å². The number of ether oxygens (including phenoxy) is 1. The van der Waals surface area contributed by atoms with E-state index < -0.39 is 0 Å². The van der Waals surface area contributed by atoms with E-state index in [0.29, 0.717) is 18.0 Å². The molecule has 18 heavy (non-hydrogen) atoms. The number of aromatic nitrogens is 1. The largest absolute Gasteiger partial charge is 0.492 e. The van der Waals surface area contributed by atoms with Gasteiger partial charge in [-0.1, -0.05) is 0 Å². The van der Waals surface area contributed by atoms with Gasteiger partial charge in [-0.2, -0.15) is 0 Å². The summed E-state index contributed by atoms with van der Waals surface area (Å²) in [5.74, 6) is 0.717. The Hall–Kier alpha value is -1.75. The quantitative estimate of drug-likeness (QED) is 0.813. The molecule has 0 aliphatic carbocycles. The van der Waals surface area contributed by atoms with Gasteiger partial charge in [0.25, 0.3) is 0 Å². The highest BCUT2D eigenvalue weighted by molar-refractivity contribution is 7.09. The van der Waals surface area contributed by atoms with Crippen molar-refractivity contribution in [2.45, 2.75) is 19.9 Å². The molecule has 96 valence electrons. The summed E-state index contributed by atoms with van der Waals surface area (Å²) in [7, 11) is 0. The highest BCUT2D eigenvalue weighted by Crippen LogP contribution is 2.28. The van der Waals surface area contributed by atoms with Crippen LogP contribution in [0.2, 0.25) is 0 Å². The summed E-state index contributed by atoms with van der Waals surface area (Å²) in [6, 6.07) is 5.88. The molecule has 0 saturated carbocycles. The summed E-state index contributed by atoms with van der Waals surface area (Å²) in [5, 5.41) is 6.42. The zero-order valence-corrected chi connectivity index (χ0v) is 11.3. The Labute approximate surface area is 111 Å². The first kappa shape index (κ1) is 12.7. The van der Waals surface area contributed by atoms with Crippen molar-refractivity contribution in [3.05, 3.63) is 34.8 Å². The van der Waals surface area contributed by atoms with E-state index in [9.17, 15) is 0 Å². The van der Waals surface area contributed by atoms with E-state index in [4.69, 9.17) is 10.5 Å². The van der Waals surface area contributed by atoms with Crippen molar-refractivity contribution >= 4 is 22.7 Å². The van der Waals surface area contributed by atoms with Gasteiger partial charge in [0.05, 0.1) is 18.3 Å². The second-order valence-electron chi connectivity index (χ2n) is 3.92. The van der Waals surface area contributed by atoms with Crippen molar-refractivity contribution in [1.82, 2.24) is 4.98 Å². The van der Waals surface area contributed by atoms with Crippen LogP contribution in [-0.2, 0) is 0 Å². The third-order valence-electron chi connectivity index (χ3n) is 2.52. The summed E-state index contributed by atoms with van der Waals surface area (Å²) in [6.07, 6.45) is 1.81. The molecule has 1 aromatic carbocycles. The van der Waals surface area contributed by atoms with Crippen LogP contribution in [0.5, 0.6) is 5.75 Å². The Balaban J connectivity index is 2.12. The minimum absolute atomic E-state index is 0.170. The van der Waals surface area contributed by atoms with Gasteiger partial charge < -0.3 is 15.8 Å². The Morgan fingerprint density at radius 2 is 2.33 bits per heavy atom. The molecule has 0 aliphatic rings. The van der Waals surface area contributed by atoms with Crippen LogP contribution < -0.4 is 15.8 Å². The normalized spacial score (nSPS) is 12.1. The third kappa shape index (κ3) is 2.92. The van der Waals surface area contributed by atoms with Crippen molar-refractivity contribution in [2.75, 3.05) is 17.7 Å². The van der Waals surface area contributed by atoms with Gasteiger partial charge in [-0.15, -0.1) is 11.3 Å². The molecule has 3 N–H and O–H groups in total. The molecule has 0 amide bonds. The highest BCUT2D eigenvalue weighted by atomic mass is 32.1. The van der Waals surface area contributed by atoms with Crippen molar-refractivity contribution in [2.24, 2.45) is 0 Å². The SMILES string of the molecule is CCOc1cc(NC(C)c2nccs2)ccc1N. The zero-order chi connectivity index (χ0) is 13.0. The lowest BCUT2D eigenvalue weighted by atomic mass is 10.2. The van der Waals surface area contributed by atoms with Crippen LogP contribution in [0.4, 0.5) is 11.4 Å². The van der Waals surface area contributed by atoms with Crippen LogP contribution in [0.15, 0.2) is 29.8 Å². The van der Waals surface area contributed by atoms with Crippen molar-refractivity contribution in [3.8, 4) is 5.75 Å². The predicted molar refractivity (Wildman–Crippen MR) is 76.2 cm³/mol. The summed E-state index contributed by atoms with van der Waals surface area (Å²) in [4.78, 5) is 4.29. The number of nitrogens with zero attached hydrogens (tertiary/aromatic N) is 1. The first-order valence-corrected chi connectivity index (χ1v) is 6.77. The maximum atomic E-state index is 5.84. The fraction of sp³-hybridized carbons (Fsp3) is 0.308. The second-order valence-corrected chi connectivity index (χ2v) is 4.85. The van der Waals surface area contributed by atoms with Crippen molar-refractivity contribution in [3.63, 3.8) is 0 Å². The highest BCUT2D eigenvalue weighted by Gasteiger charge is 2.09.